The van der Waals surface area contributed by atoms with Gasteiger partial charge in [0.25, 0.3) is 0 Å². The molecule has 0 aromatic heterocycles. The summed E-state index contributed by atoms with van der Waals surface area (Å²) in [7, 11) is 1.62. The fraction of sp³-hybridized carbons (Fsp3) is 0.200. The van der Waals surface area contributed by atoms with Gasteiger partial charge in [0.15, 0.2) is 11.4 Å². The molecule has 0 fully saturated rings. The van der Waals surface area contributed by atoms with Gasteiger partial charge in [-0.3, -0.25) is 5.32 Å². The lowest BCUT2D eigenvalue weighted by molar-refractivity contribution is 0.414. The van der Waals surface area contributed by atoms with Crippen molar-refractivity contribution in [3.63, 3.8) is 0 Å². The van der Waals surface area contributed by atoms with Crippen molar-refractivity contribution < 1.29 is 4.74 Å². The van der Waals surface area contributed by atoms with Crippen LogP contribution in [0.2, 0.25) is 0 Å². The van der Waals surface area contributed by atoms with Gasteiger partial charge in [0, 0.05) is 3.57 Å². The van der Waals surface area contributed by atoms with E-state index in [1.165, 1.54) is 11.8 Å². The van der Waals surface area contributed by atoms with E-state index >= 15 is 0 Å². The largest absolute Gasteiger partial charge is 0.497 e. The van der Waals surface area contributed by atoms with Crippen LogP contribution in [0.15, 0.2) is 23.2 Å². The van der Waals surface area contributed by atoms with E-state index in [0.717, 1.165) is 15.0 Å². The molecular weight excluding hydrogens is 337 g/mol. The van der Waals surface area contributed by atoms with Crippen LogP contribution < -0.4 is 10.1 Å². The van der Waals surface area contributed by atoms with Gasteiger partial charge in [-0.25, -0.2) is 4.99 Å². The Labute approximate surface area is 112 Å². The fourth-order valence-electron chi connectivity index (χ4n) is 0.987. The average molecular weight is 347 g/mol. The molecule has 84 valence electrons. The topological polar surface area (TPSA) is 57.4 Å². The predicted octanol–water partition coefficient (Wildman–Crippen LogP) is 2.72. The first-order valence-corrected chi connectivity index (χ1v) is 6.63. The molecule has 0 saturated carbocycles. The molecule has 0 aliphatic heterocycles. The number of benzene rings is 1. The monoisotopic (exact) mass is 347 g/mol. The lowest BCUT2D eigenvalue weighted by Gasteiger charge is -2.04. The van der Waals surface area contributed by atoms with Gasteiger partial charge in [-0.05, 0) is 47.0 Å². The van der Waals surface area contributed by atoms with Gasteiger partial charge in [-0.2, -0.15) is 5.26 Å². The second-order valence-electron chi connectivity index (χ2n) is 2.68. The summed E-state index contributed by atoms with van der Waals surface area (Å²) in [4.78, 5) is 4.32. The molecule has 0 heterocycles. The van der Waals surface area contributed by atoms with Crippen LogP contribution in [-0.2, 0) is 0 Å². The summed E-state index contributed by atoms with van der Waals surface area (Å²) in [6.45, 7) is 0. The van der Waals surface area contributed by atoms with Crippen LogP contribution in [0.3, 0.4) is 0 Å². The highest BCUT2D eigenvalue weighted by Crippen LogP contribution is 2.26. The third-order valence-corrected chi connectivity index (χ3v) is 3.18. The second kappa shape index (κ2) is 6.60. The number of rotatable bonds is 2. The molecule has 0 aliphatic rings. The Morgan fingerprint density at radius 2 is 2.38 bits per heavy atom. The smallest absolute Gasteiger partial charge is 0.183 e. The van der Waals surface area contributed by atoms with Gasteiger partial charge >= 0.3 is 0 Å². The number of hydrogen-bond acceptors (Lipinski definition) is 4. The molecule has 0 aliphatic carbocycles. The zero-order chi connectivity index (χ0) is 12.0. The Kier molecular flexibility index (Phi) is 5.42. The normalized spacial score (nSPS) is 10.8. The maximum atomic E-state index is 8.52. The Bertz CT molecular complexity index is 442. The summed E-state index contributed by atoms with van der Waals surface area (Å²) in [5, 5.41) is 11.6. The molecule has 0 saturated heterocycles. The van der Waals surface area contributed by atoms with Crippen molar-refractivity contribution in [1.29, 1.82) is 5.26 Å². The molecule has 6 heteroatoms. The number of ether oxygens (including phenoxy) is 1. The molecule has 0 radical (unpaired) electrons. The Morgan fingerprint density at radius 3 is 2.88 bits per heavy atom. The van der Waals surface area contributed by atoms with Gasteiger partial charge in [0.05, 0.1) is 12.8 Å². The zero-order valence-corrected chi connectivity index (χ0v) is 11.8. The van der Waals surface area contributed by atoms with E-state index in [-0.39, 0.29) is 0 Å². The maximum absolute atomic E-state index is 8.52. The number of nitrogens with one attached hydrogen (secondary N) is 1. The van der Waals surface area contributed by atoms with Crippen LogP contribution >= 0.6 is 34.4 Å². The van der Waals surface area contributed by atoms with Crippen LogP contribution in [-0.4, -0.2) is 18.5 Å². The van der Waals surface area contributed by atoms with Crippen molar-refractivity contribution in [1.82, 2.24) is 5.32 Å². The van der Waals surface area contributed by atoms with Crippen LogP contribution in [0.25, 0.3) is 0 Å². The van der Waals surface area contributed by atoms with E-state index in [0.29, 0.717) is 5.17 Å². The minimum atomic E-state index is 0.575. The number of halogens is 1. The molecule has 0 spiro atoms. The summed E-state index contributed by atoms with van der Waals surface area (Å²) < 4.78 is 6.08. The molecule has 16 heavy (non-hydrogen) atoms. The first-order valence-electron chi connectivity index (χ1n) is 4.32. The standard InChI is InChI=1S/C10H10IN3OS/c1-15-7-3-4-9(8(11)5-7)14-10(16-2)13-6-12/h3-5H,1-2H3,(H,13,14). The van der Waals surface area contributed by atoms with Gasteiger partial charge in [-0.15, -0.1) is 0 Å². The van der Waals surface area contributed by atoms with Crippen LogP contribution in [0, 0.1) is 15.0 Å². The Morgan fingerprint density at radius 1 is 1.62 bits per heavy atom. The lowest BCUT2D eigenvalue weighted by Crippen LogP contribution is -2.12. The molecule has 0 atom stereocenters. The number of hydrogen-bond donors (Lipinski definition) is 1. The van der Waals surface area contributed by atoms with E-state index in [1.54, 1.807) is 7.11 Å². The number of amidine groups is 1. The first-order chi connectivity index (χ1) is 7.71. The van der Waals surface area contributed by atoms with Crippen molar-refractivity contribution in [2.75, 3.05) is 13.4 Å². The number of thioether (sulfide) groups is 1. The summed E-state index contributed by atoms with van der Waals surface area (Å²) in [5.41, 5.74) is 0.813. The Hall–Kier alpha value is -0.940. The predicted molar refractivity (Wildman–Crippen MR) is 75.1 cm³/mol. The summed E-state index contributed by atoms with van der Waals surface area (Å²) in [5.74, 6) is 0.794. The second-order valence-corrected chi connectivity index (χ2v) is 4.63. The van der Waals surface area contributed by atoms with Gasteiger partial charge in [0.2, 0.25) is 0 Å². The van der Waals surface area contributed by atoms with Crippen LogP contribution in [0.1, 0.15) is 0 Å². The molecule has 4 nitrogen and oxygen atoms in total. The summed E-state index contributed by atoms with van der Waals surface area (Å²) in [6.07, 6.45) is 3.71. The minimum absolute atomic E-state index is 0.575. The number of aliphatic imine (C=N–C) groups is 1. The average Bonchev–Trinajstić information content (AvgIpc) is 2.30. The maximum Gasteiger partial charge on any atom is 0.183 e. The highest BCUT2D eigenvalue weighted by molar-refractivity contribution is 14.1. The van der Waals surface area contributed by atoms with Crippen molar-refractivity contribution in [2.24, 2.45) is 4.99 Å². The molecule has 1 aromatic rings. The van der Waals surface area contributed by atoms with Crippen molar-refractivity contribution >= 4 is 45.2 Å². The van der Waals surface area contributed by atoms with Gasteiger partial charge in [-0.1, -0.05) is 11.8 Å². The number of nitriles is 1. The van der Waals surface area contributed by atoms with Crippen LogP contribution in [0.5, 0.6) is 5.75 Å². The highest BCUT2D eigenvalue weighted by Gasteiger charge is 2.02. The molecule has 1 rings (SSSR count). The van der Waals surface area contributed by atoms with E-state index in [4.69, 9.17) is 10.00 Å². The highest BCUT2D eigenvalue weighted by atomic mass is 127. The molecule has 0 amide bonds. The number of methoxy groups -OCH3 is 1. The van der Waals surface area contributed by atoms with Crippen molar-refractivity contribution in [3.05, 3.63) is 21.8 Å². The minimum Gasteiger partial charge on any atom is -0.497 e. The summed E-state index contributed by atoms with van der Waals surface area (Å²) >= 11 is 3.57. The lowest BCUT2D eigenvalue weighted by atomic mass is 10.3. The quantitative estimate of drug-likeness (QED) is 0.294. The molecule has 1 aromatic carbocycles. The molecule has 0 bridgehead atoms. The first kappa shape index (κ1) is 13.1. The fourth-order valence-corrected chi connectivity index (χ4v) is 1.93. The van der Waals surface area contributed by atoms with Crippen LogP contribution in [0.4, 0.5) is 5.69 Å². The van der Waals surface area contributed by atoms with Gasteiger partial charge in [0.1, 0.15) is 5.75 Å². The SMILES string of the molecule is COc1ccc(N=C(NC#N)SC)c(I)c1. The van der Waals surface area contributed by atoms with Crippen molar-refractivity contribution in [3.8, 4) is 11.9 Å². The third kappa shape index (κ3) is 3.57. The van der Waals surface area contributed by atoms with E-state index in [9.17, 15) is 0 Å². The van der Waals surface area contributed by atoms with Gasteiger partial charge < -0.3 is 4.74 Å². The van der Waals surface area contributed by atoms with Crippen molar-refractivity contribution in [2.45, 2.75) is 0 Å². The third-order valence-electron chi connectivity index (χ3n) is 1.73. The summed E-state index contributed by atoms with van der Waals surface area (Å²) in [6, 6.07) is 5.59. The molecule has 1 N–H and O–H groups in total. The van der Waals surface area contributed by atoms with E-state index in [2.05, 4.69) is 32.9 Å². The van der Waals surface area contributed by atoms with E-state index < -0.39 is 0 Å². The number of nitrogens with zero attached hydrogens (tertiary/aromatic N) is 2. The van der Waals surface area contributed by atoms with E-state index in [1.807, 2.05) is 30.6 Å². The Balaban J connectivity index is 3.01. The zero-order valence-electron chi connectivity index (χ0n) is 8.82. The molecule has 0 unspecified atom stereocenters. The molecular formula is C10H10IN3OS.